The molecule has 1 amide bonds. The second-order valence-electron chi connectivity index (χ2n) is 9.43. The lowest BCUT2D eigenvalue weighted by molar-refractivity contribution is 0.0418. The van der Waals surface area contributed by atoms with Crippen LogP contribution in [0.3, 0.4) is 0 Å². The number of anilines is 1. The van der Waals surface area contributed by atoms with Crippen molar-refractivity contribution in [2.45, 2.75) is 77.9 Å². The molecule has 0 unspecified atom stereocenters. The van der Waals surface area contributed by atoms with Crippen LogP contribution in [0.15, 0.2) is 6.07 Å². The van der Waals surface area contributed by atoms with Gasteiger partial charge >= 0.3 is 6.09 Å². The van der Waals surface area contributed by atoms with Crippen molar-refractivity contribution in [3.8, 4) is 5.75 Å². The Bertz CT molecular complexity index is 826. The first-order valence-electron chi connectivity index (χ1n) is 9.41. The molecule has 0 aromatic heterocycles. The van der Waals surface area contributed by atoms with Crippen molar-refractivity contribution in [1.82, 2.24) is 5.32 Å². The average Bonchev–Trinajstić information content (AvgIpc) is 2.90. The van der Waals surface area contributed by atoms with Crippen molar-refractivity contribution in [3.05, 3.63) is 22.8 Å². The summed E-state index contributed by atoms with van der Waals surface area (Å²) in [5.41, 5.74) is 3.14. The first-order chi connectivity index (χ1) is 12.3. The van der Waals surface area contributed by atoms with E-state index in [-0.39, 0.29) is 11.3 Å². The molecule has 2 N–H and O–H groups in total. The number of rotatable bonds is 2. The summed E-state index contributed by atoms with van der Waals surface area (Å²) in [6.07, 6.45) is -0.430. The van der Waals surface area contributed by atoms with Gasteiger partial charge in [-0.1, -0.05) is 19.1 Å². The van der Waals surface area contributed by atoms with Crippen LogP contribution in [0.2, 0.25) is 0 Å². The zero-order valence-electron chi connectivity index (χ0n) is 17.5. The molecule has 2 aliphatic heterocycles. The van der Waals surface area contributed by atoms with Gasteiger partial charge in [-0.2, -0.15) is 0 Å². The van der Waals surface area contributed by atoms with E-state index in [1.54, 1.807) is 0 Å². The summed E-state index contributed by atoms with van der Waals surface area (Å²) in [4.78, 5) is 12.9. The third kappa shape index (κ3) is 3.28. The fourth-order valence-corrected chi connectivity index (χ4v) is 4.00. The molecule has 2 atom stereocenters. The molecular weight excluding hydrogens is 360 g/mol. The quantitative estimate of drug-likeness (QED) is 0.710. The Kier molecular flexibility index (Phi) is 4.50. The lowest BCUT2D eigenvalue weighted by atomic mass is 9.81. The second-order valence-corrected chi connectivity index (χ2v) is 9.84. The van der Waals surface area contributed by atoms with Crippen LogP contribution in [0, 0.1) is 6.92 Å². The molecule has 0 saturated carbocycles. The molecule has 6 heteroatoms. The van der Waals surface area contributed by atoms with Crippen LogP contribution in [0.5, 0.6) is 5.75 Å². The molecule has 27 heavy (non-hydrogen) atoms. The first kappa shape index (κ1) is 19.9. The van der Waals surface area contributed by atoms with Crippen LogP contribution in [-0.2, 0) is 10.2 Å². The Morgan fingerprint density at radius 2 is 2.00 bits per heavy atom. The standard InChI is InChI=1S/C21H30N2O3S/c1-11-9-13-12(2)21(8,10-22-18(24)26-19(3,4)5)25-16(13)14-15(11)23-17(27)20(14,6)7/h9,12H,10H2,1-8H3,(H,22,24)(H,23,27)/t12-,21+/m1/s1. The summed E-state index contributed by atoms with van der Waals surface area (Å²) in [7, 11) is 0. The van der Waals surface area contributed by atoms with Gasteiger partial charge in [0.1, 0.15) is 17.0 Å². The molecule has 3 rings (SSSR count). The van der Waals surface area contributed by atoms with Gasteiger partial charge in [0.2, 0.25) is 0 Å². The van der Waals surface area contributed by atoms with Gasteiger partial charge in [0.05, 0.1) is 11.5 Å². The highest BCUT2D eigenvalue weighted by Crippen LogP contribution is 2.54. The predicted octanol–water partition coefficient (Wildman–Crippen LogP) is 4.80. The molecule has 0 fully saturated rings. The normalized spacial score (nSPS) is 25.3. The Balaban J connectivity index is 1.90. The van der Waals surface area contributed by atoms with Crippen LogP contribution in [0.4, 0.5) is 10.5 Å². The van der Waals surface area contributed by atoms with Gasteiger partial charge in [0, 0.05) is 28.1 Å². The Morgan fingerprint density at radius 3 is 2.59 bits per heavy atom. The molecular formula is C21H30N2O3S. The van der Waals surface area contributed by atoms with Crippen LogP contribution in [-0.4, -0.2) is 28.8 Å². The van der Waals surface area contributed by atoms with Gasteiger partial charge in [-0.05, 0) is 60.1 Å². The number of hydrogen-bond acceptors (Lipinski definition) is 4. The largest absolute Gasteiger partial charge is 0.484 e. The van der Waals surface area contributed by atoms with Crippen LogP contribution < -0.4 is 15.4 Å². The first-order valence-corrected chi connectivity index (χ1v) is 9.82. The van der Waals surface area contributed by atoms with Gasteiger partial charge < -0.3 is 20.1 Å². The maximum atomic E-state index is 12.1. The number of aryl methyl sites for hydroxylation is 1. The maximum absolute atomic E-state index is 12.1. The van der Waals surface area contributed by atoms with E-state index in [0.717, 1.165) is 27.6 Å². The zero-order valence-corrected chi connectivity index (χ0v) is 18.3. The second kappa shape index (κ2) is 6.09. The van der Waals surface area contributed by atoms with Gasteiger partial charge in [0.25, 0.3) is 0 Å². The number of carbonyl (C=O) groups is 1. The van der Waals surface area contributed by atoms with E-state index in [4.69, 9.17) is 21.7 Å². The number of nitrogens with one attached hydrogen (secondary N) is 2. The maximum Gasteiger partial charge on any atom is 0.407 e. The SMILES string of the molecule is Cc1cc2c(c3c1NC(=S)C3(C)C)O[C@@](C)(CNC(=O)OC(C)(C)C)[C@@H]2C. The van der Waals surface area contributed by atoms with Gasteiger partial charge in [-0.15, -0.1) is 0 Å². The van der Waals surface area contributed by atoms with E-state index >= 15 is 0 Å². The third-order valence-corrected chi connectivity index (χ3v) is 6.25. The molecule has 0 aliphatic carbocycles. The summed E-state index contributed by atoms with van der Waals surface area (Å²) in [6.45, 7) is 16.4. The van der Waals surface area contributed by atoms with Gasteiger partial charge in [-0.25, -0.2) is 4.79 Å². The number of thiocarbonyl (C=S) groups is 1. The topological polar surface area (TPSA) is 59.6 Å². The minimum Gasteiger partial charge on any atom is -0.484 e. The van der Waals surface area contributed by atoms with Gasteiger partial charge in [-0.3, -0.25) is 0 Å². The lowest BCUT2D eigenvalue weighted by Crippen LogP contribution is -2.47. The number of carbonyl (C=O) groups excluding carboxylic acids is 1. The van der Waals surface area contributed by atoms with Crippen molar-refractivity contribution in [1.29, 1.82) is 0 Å². The molecule has 148 valence electrons. The van der Waals surface area contributed by atoms with E-state index in [9.17, 15) is 4.79 Å². The molecule has 0 saturated heterocycles. The molecule has 1 aromatic carbocycles. The number of amides is 1. The predicted molar refractivity (Wildman–Crippen MR) is 112 cm³/mol. The Labute approximate surface area is 167 Å². The fraction of sp³-hybridized carbons (Fsp3) is 0.619. The van der Waals surface area contributed by atoms with Gasteiger partial charge in [0.15, 0.2) is 0 Å². The van der Waals surface area contributed by atoms with Crippen molar-refractivity contribution >= 4 is 29.0 Å². The molecule has 5 nitrogen and oxygen atoms in total. The minimum atomic E-state index is -0.554. The zero-order chi connectivity index (χ0) is 20.4. The van der Waals surface area contributed by atoms with Crippen LogP contribution in [0.25, 0.3) is 0 Å². The highest BCUT2D eigenvalue weighted by Gasteiger charge is 2.49. The smallest absolute Gasteiger partial charge is 0.407 e. The van der Waals surface area contributed by atoms with Crippen LogP contribution >= 0.6 is 12.2 Å². The number of hydrogen-bond donors (Lipinski definition) is 2. The molecule has 2 heterocycles. The lowest BCUT2D eigenvalue weighted by Gasteiger charge is -2.30. The van der Waals surface area contributed by atoms with Crippen molar-refractivity contribution in [2.75, 3.05) is 11.9 Å². The highest BCUT2D eigenvalue weighted by molar-refractivity contribution is 7.80. The number of fused-ring (bicyclic) bond motifs is 3. The van der Waals surface area contributed by atoms with E-state index in [0.29, 0.717) is 6.54 Å². The molecule has 1 aromatic rings. The molecule has 0 spiro atoms. The minimum absolute atomic E-state index is 0.122. The number of benzene rings is 1. The van der Waals surface area contributed by atoms with E-state index in [1.807, 2.05) is 27.7 Å². The Hall–Kier alpha value is -1.82. The monoisotopic (exact) mass is 390 g/mol. The molecule has 0 bridgehead atoms. The number of alkyl carbamates (subject to hydrolysis) is 1. The van der Waals surface area contributed by atoms with E-state index < -0.39 is 17.3 Å². The summed E-state index contributed by atoms with van der Waals surface area (Å²) < 4.78 is 11.9. The summed E-state index contributed by atoms with van der Waals surface area (Å²) in [5, 5.41) is 6.24. The average molecular weight is 391 g/mol. The molecule has 0 radical (unpaired) electrons. The van der Waals surface area contributed by atoms with Crippen molar-refractivity contribution in [2.24, 2.45) is 0 Å². The number of ether oxygens (including phenoxy) is 2. The van der Waals surface area contributed by atoms with E-state index in [2.05, 4.69) is 44.4 Å². The van der Waals surface area contributed by atoms with Crippen molar-refractivity contribution in [3.63, 3.8) is 0 Å². The highest BCUT2D eigenvalue weighted by atomic mass is 32.1. The summed E-state index contributed by atoms with van der Waals surface area (Å²) in [5.74, 6) is 1.02. The third-order valence-electron chi connectivity index (χ3n) is 5.64. The van der Waals surface area contributed by atoms with E-state index in [1.165, 1.54) is 5.56 Å². The summed E-state index contributed by atoms with van der Waals surface area (Å²) >= 11 is 5.57. The fourth-order valence-electron chi connectivity index (χ4n) is 3.80. The molecule has 2 aliphatic rings. The van der Waals surface area contributed by atoms with Crippen LogP contribution in [0.1, 0.15) is 71.1 Å². The Morgan fingerprint density at radius 1 is 1.37 bits per heavy atom. The van der Waals surface area contributed by atoms with Crippen molar-refractivity contribution < 1.29 is 14.3 Å². The summed E-state index contributed by atoms with van der Waals surface area (Å²) in [6, 6.07) is 2.18.